The van der Waals surface area contributed by atoms with Gasteiger partial charge in [0.2, 0.25) is 0 Å². The SMILES string of the molecule is CN=C(NCc1cnc(C)s1)N1CCN(c2cccc(OC)c2)CC1. The molecular weight excluding hydrogens is 334 g/mol. The summed E-state index contributed by atoms with van der Waals surface area (Å²) in [6, 6.07) is 8.25. The second-order valence-corrected chi connectivity index (χ2v) is 7.24. The van der Waals surface area contributed by atoms with E-state index in [1.807, 2.05) is 32.3 Å². The molecule has 1 aromatic heterocycles. The van der Waals surface area contributed by atoms with Gasteiger partial charge in [-0.2, -0.15) is 0 Å². The van der Waals surface area contributed by atoms with Crippen LogP contribution in [-0.4, -0.2) is 56.2 Å². The van der Waals surface area contributed by atoms with Crippen molar-refractivity contribution in [3.05, 3.63) is 40.3 Å². The largest absolute Gasteiger partial charge is 0.497 e. The van der Waals surface area contributed by atoms with E-state index in [2.05, 4.69) is 37.2 Å². The molecule has 0 aliphatic carbocycles. The molecule has 1 aliphatic heterocycles. The van der Waals surface area contributed by atoms with E-state index in [4.69, 9.17) is 4.74 Å². The Bertz CT molecular complexity index is 722. The molecule has 3 rings (SSSR count). The molecule has 1 fully saturated rings. The van der Waals surface area contributed by atoms with Gasteiger partial charge in [0.25, 0.3) is 0 Å². The smallest absolute Gasteiger partial charge is 0.194 e. The van der Waals surface area contributed by atoms with Crippen molar-refractivity contribution in [1.29, 1.82) is 0 Å². The summed E-state index contributed by atoms with van der Waals surface area (Å²) >= 11 is 1.72. The third kappa shape index (κ3) is 4.42. The highest BCUT2D eigenvalue weighted by Crippen LogP contribution is 2.22. The van der Waals surface area contributed by atoms with Crippen molar-refractivity contribution in [3.8, 4) is 5.75 Å². The van der Waals surface area contributed by atoms with Gasteiger partial charge in [0.15, 0.2) is 5.96 Å². The van der Waals surface area contributed by atoms with Crippen LogP contribution in [0.4, 0.5) is 5.69 Å². The number of nitrogens with zero attached hydrogens (tertiary/aromatic N) is 4. The number of guanidine groups is 1. The van der Waals surface area contributed by atoms with Gasteiger partial charge in [0.05, 0.1) is 18.7 Å². The summed E-state index contributed by atoms with van der Waals surface area (Å²) < 4.78 is 5.33. The number of hydrogen-bond acceptors (Lipinski definition) is 5. The van der Waals surface area contributed by atoms with E-state index in [9.17, 15) is 0 Å². The second kappa shape index (κ2) is 8.20. The monoisotopic (exact) mass is 359 g/mol. The molecule has 0 radical (unpaired) electrons. The Morgan fingerprint density at radius 2 is 2.12 bits per heavy atom. The van der Waals surface area contributed by atoms with Gasteiger partial charge in [-0.1, -0.05) is 6.07 Å². The molecular formula is C18H25N5OS. The quantitative estimate of drug-likeness (QED) is 0.671. The van der Waals surface area contributed by atoms with Gasteiger partial charge in [-0.3, -0.25) is 4.99 Å². The fourth-order valence-corrected chi connectivity index (χ4v) is 3.70. The standard InChI is InChI=1S/C18H25N5OS/c1-14-20-12-17(25-14)13-21-18(19-2)23-9-7-22(8-10-23)15-5-4-6-16(11-15)24-3/h4-6,11-12H,7-10,13H2,1-3H3,(H,19,21). The minimum atomic E-state index is 0.772. The molecule has 0 saturated carbocycles. The topological polar surface area (TPSA) is 53.0 Å². The van der Waals surface area contributed by atoms with Crippen molar-refractivity contribution in [2.45, 2.75) is 13.5 Å². The fourth-order valence-electron chi connectivity index (χ4n) is 2.97. The first-order valence-corrected chi connectivity index (χ1v) is 9.27. The molecule has 1 N–H and O–H groups in total. The fraction of sp³-hybridized carbons (Fsp3) is 0.444. The van der Waals surface area contributed by atoms with Crippen molar-refractivity contribution in [1.82, 2.24) is 15.2 Å². The highest BCUT2D eigenvalue weighted by atomic mass is 32.1. The lowest BCUT2D eigenvalue weighted by molar-refractivity contribution is 0.372. The van der Waals surface area contributed by atoms with E-state index >= 15 is 0 Å². The number of thiazole rings is 1. The van der Waals surface area contributed by atoms with Gasteiger partial charge in [-0.15, -0.1) is 11.3 Å². The number of aliphatic imine (C=N–C) groups is 1. The Morgan fingerprint density at radius 1 is 1.32 bits per heavy atom. The number of ether oxygens (including phenoxy) is 1. The Morgan fingerprint density at radius 3 is 2.76 bits per heavy atom. The highest BCUT2D eigenvalue weighted by Gasteiger charge is 2.20. The molecule has 2 heterocycles. The maximum atomic E-state index is 5.33. The Kier molecular flexibility index (Phi) is 5.75. The summed E-state index contributed by atoms with van der Waals surface area (Å²) in [4.78, 5) is 14.7. The van der Waals surface area contributed by atoms with E-state index in [1.165, 1.54) is 10.6 Å². The summed E-state index contributed by atoms with van der Waals surface area (Å²) in [5.74, 6) is 1.86. The molecule has 0 bridgehead atoms. The van der Waals surface area contributed by atoms with Crippen LogP contribution in [0.3, 0.4) is 0 Å². The number of nitrogens with one attached hydrogen (secondary N) is 1. The maximum Gasteiger partial charge on any atom is 0.194 e. The molecule has 25 heavy (non-hydrogen) atoms. The zero-order valence-electron chi connectivity index (χ0n) is 15.0. The molecule has 7 heteroatoms. The highest BCUT2D eigenvalue weighted by molar-refractivity contribution is 7.11. The van der Waals surface area contributed by atoms with Crippen molar-refractivity contribution < 1.29 is 4.74 Å². The van der Waals surface area contributed by atoms with Crippen molar-refractivity contribution in [2.24, 2.45) is 4.99 Å². The van der Waals surface area contributed by atoms with E-state index in [1.54, 1.807) is 18.4 Å². The molecule has 1 aliphatic rings. The molecule has 0 unspecified atom stereocenters. The summed E-state index contributed by atoms with van der Waals surface area (Å²) in [6.45, 7) is 6.62. The number of piperazine rings is 1. The predicted molar refractivity (Wildman–Crippen MR) is 104 cm³/mol. The number of anilines is 1. The summed E-state index contributed by atoms with van der Waals surface area (Å²) in [5, 5.41) is 4.55. The molecule has 0 atom stereocenters. The molecule has 0 spiro atoms. The lowest BCUT2D eigenvalue weighted by Gasteiger charge is -2.37. The van der Waals surface area contributed by atoms with Crippen molar-refractivity contribution in [3.63, 3.8) is 0 Å². The average Bonchev–Trinajstić information content (AvgIpc) is 3.08. The van der Waals surface area contributed by atoms with E-state index in [-0.39, 0.29) is 0 Å². The van der Waals surface area contributed by atoms with Crippen LogP contribution in [0.1, 0.15) is 9.88 Å². The molecule has 134 valence electrons. The van der Waals surface area contributed by atoms with Gasteiger partial charge >= 0.3 is 0 Å². The number of benzene rings is 1. The van der Waals surface area contributed by atoms with E-state index < -0.39 is 0 Å². The first kappa shape index (κ1) is 17.5. The van der Waals surface area contributed by atoms with Crippen LogP contribution in [0.25, 0.3) is 0 Å². The van der Waals surface area contributed by atoms with Crippen molar-refractivity contribution >= 4 is 23.0 Å². The van der Waals surface area contributed by atoms with Crippen LogP contribution in [0.5, 0.6) is 5.75 Å². The van der Waals surface area contributed by atoms with Gasteiger partial charge in [-0.25, -0.2) is 4.98 Å². The van der Waals surface area contributed by atoms with Crippen LogP contribution in [0, 0.1) is 6.92 Å². The minimum absolute atomic E-state index is 0.772. The first-order chi connectivity index (χ1) is 12.2. The molecule has 2 aromatic rings. The van der Waals surface area contributed by atoms with Crippen LogP contribution < -0.4 is 15.0 Å². The normalized spacial score (nSPS) is 15.4. The zero-order valence-corrected chi connectivity index (χ0v) is 15.8. The number of aryl methyl sites for hydroxylation is 1. The number of rotatable bonds is 4. The van der Waals surface area contributed by atoms with Gasteiger partial charge in [-0.05, 0) is 19.1 Å². The molecule has 1 saturated heterocycles. The van der Waals surface area contributed by atoms with Crippen LogP contribution in [-0.2, 0) is 6.54 Å². The van der Waals surface area contributed by atoms with Crippen LogP contribution >= 0.6 is 11.3 Å². The lowest BCUT2D eigenvalue weighted by atomic mass is 10.2. The van der Waals surface area contributed by atoms with Crippen molar-refractivity contribution in [2.75, 3.05) is 45.2 Å². The molecule has 6 nitrogen and oxygen atoms in total. The Hall–Kier alpha value is -2.28. The Labute approximate surface area is 153 Å². The third-order valence-electron chi connectivity index (χ3n) is 4.30. The minimum Gasteiger partial charge on any atom is -0.497 e. The molecule has 0 amide bonds. The second-order valence-electron chi connectivity index (χ2n) is 5.92. The van der Waals surface area contributed by atoms with Gasteiger partial charge < -0.3 is 19.9 Å². The Balaban J connectivity index is 1.54. The number of methoxy groups -OCH3 is 1. The van der Waals surface area contributed by atoms with E-state index in [0.717, 1.165) is 49.4 Å². The number of aromatic nitrogens is 1. The first-order valence-electron chi connectivity index (χ1n) is 8.45. The average molecular weight is 359 g/mol. The lowest BCUT2D eigenvalue weighted by Crippen LogP contribution is -2.52. The summed E-state index contributed by atoms with van der Waals surface area (Å²) in [5.41, 5.74) is 1.21. The van der Waals surface area contributed by atoms with Gasteiger partial charge in [0.1, 0.15) is 5.75 Å². The predicted octanol–water partition coefficient (Wildman–Crippen LogP) is 2.36. The summed E-state index contributed by atoms with van der Waals surface area (Å²) in [6.07, 6.45) is 1.93. The van der Waals surface area contributed by atoms with E-state index in [0.29, 0.717) is 0 Å². The molecule has 1 aromatic carbocycles. The maximum absolute atomic E-state index is 5.33. The summed E-state index contributed by atoms with van der Waals surface area (Å²) in [7, 11) is 3.55. The van der Waals surface area contributed by atoms with Crippen LogP contribution in [0.15, 0.2) is 35.5 Å². The third-order valence-corrected chi connectivity index (χ3v) is 5.21. The van der Waals surface area contributed by atoms with Gasteiger partial charge in [0, 0.05) is 56.1 Å². The van der Waals surface area contributed by atoms with Crippen LogP contribution in [0.2, 0.25) is 0 Å². The zero-order chi connectivity index (χ0) is 17.6. The number of hydrogen-bond donors (Lipinski definition) is 1.